The normalized spacial score (nSPS) is 11.4. The van der Waals surface area contributed by atoms with Crippen molar-refractivity contribution in [1.29, 1.82) is 0 Å². The number of hydrogen-bond donors (Lipinski definition) is 1. The van der Waals surface area contributed by atoms with Crippen LogP contribution in [0.3, 0.4) is 0 Å². The minimum absolute atomic E-state index is 0. The molecular weight excluding hydrogens is 633 g/mol. The molecule has 0 radical (unpaired) electrons. The predicted molar refractivity (Wildman–Crippen MR) is 139 cm³/mol. The minimum Gasteiger partial charge on any atom is -0.506 e. The molecule has 0 atom stereocenters. The SMILES string of the molecule is CC(C)c1ccnc(-n2c3[c-]c(Sc4ccc5cccc(O)c5n4)ccc3c3ccccc32)c1.[Pt]. The largest absolute Gasteiger partial charge is 0.506 e. The van der Waals surface area contributed by atoms with Gasteiger partial charge in [0.1, 0.15) is 17.1 Å². The van der Waals surface area contributed by atoms with Crippen LogP contribution in [-0.4, -0.2) is 19.6 Å². The van der Waals surface area contributed by atoms with Crippen LogP contribution < -0.4 is 0 Å². The summed E-state index contributed by atoms with van der Waals surface area (Å²) in [4.78, 5) is 10.4. The predicted octanol–water partition coefficient (Wildman–Crippen LogP) is 7.50. The fourth-order valence-corrected chi connectivity index (χ4v) is 5.15. The second-order valence-corrected chi connectivity index (χ2v) is 9.70. The van der Waals surface area contributed by atoms with Gasteiger partial charge in [-0.25, -0.2) is 9.97 Å². The monoisotopic (exact) mass is 655 g/mol. The van der Waals surface area contributed by atoms with E-state index in [1.54, 1.807) is 6.07 Å². The molecule has 0 saturated carbocycles. The fourth-order valence-electron chi connectivity index (χ4n) is 4.37. The van der Waals surface area contributed by atoms with Crippen molar-refractivity contribution in [3.63, 3.8) is 0 Å². The van der Waals surface area contributed by atoms with E-state index in [4.69, 9.17) is 4.98 Å². The molecule has 176 valence electrons. The molecular formula is C29H22N3OPtS-. The number of phenols is 1. The topological polar surface area (TPSA) is 50.9 Å². The Hall–Kier alpha value is -3.14. The van der Waals surface area contributed by atoms with E-state index in [1.807, 2.05) is 30.5 Å². The molecule has 35 heavy (non-hydrogen) atoms. The van der Waals surface area contributed by atoms with E-state index in [9.17, 15) is 5.11 Å². The van der Waals surface area contributed by atoms with Crippen LogP contribution >= 0.6 is 11.8 Å². The van der Waals surface area contributed by atoms with Crippen molar-refractivity contribution < 1.29 is 26.2 Å². The Morgan fingerprint density at radius 2 is 1.77 bits per heavy atom. The molecule has 3 aromatic heterocycles. The van der Waals surface area contributed by atoms with Gasteiger partial charge in [0.25, 0.3) is 0 Å². The van der Waals surface area contributed by atoms with Crippen LogP contribution in [0, 0.1) is 6.07 Å². The van der Waals surface area contributed by atoms with Crippen molar-refractivity contribution >= 4 is 44.5 Å². The zero-order valence-corrected chi connectivity index (χ0v) is 22.3. The molecule has 6 heteroatoms. The molecule has 0 aliphatic carbocycles. The Morgan fingerprint density at radius 3 is 2.63 bits per heavy atom. The molecule has 3 aromatic carbocycles. The number of aromatic hydroxyl groups is 1. The third-order valence-corrected chi connectivity index (χ3v) is 7.00. The average molecular weight is 656 g/mol. The number of rotatable bonds is 4. The van der Waals surface area contributed by atoms with Gasteiger partial charge in [-0.15, -0.1) is 11.5 Å². The maximum atomic E-state index is 10.2. The third-order valence-electron chi connectivity index (χ3n) is 6.11. The van der Waals surface area contributed by atoms with Gasteiger partial charge >= 0.3 is 0 Å². The number of pyridine rings is 2. The molecule has 1 N–H and O–H groups in total. The van der Waals surface area contributed by atoms with Crippen LogP contribution in [0.15, 0.2) is 95.0 Å². The van der Waals surface area contributed by atoms with E-state index >= 15 is 0 Å². The van der Waals surface area contributed by atoms with Crippen molar-refractivity contribution in [2.45, 2.75) is 29.7 Å². The van der Waals surface area contributed by atoms with Gasteiger partial charge in [0.05, 0.1) is 5.03 Å². The van der Waals surface area contributed by atoms with E-state index < -0.39 is 0 Å². The van der Waals surface area contributed by atoms with Crippen molar-refractivity contribution in [3.05, 3.63) is 96.7 Å². The quantitative estimate of drug-likeness (QED) is 0.200. The molecule has 0 amide bonds. The van der Waals surface area contributed by atoms with Crippen LogP contribution in [0.1, 0.15) is 25.3 Å². The maximum absolute atomic E-state index is 10.2. The smallest absolute Gasteiger partial charge is 0.141 e. The van der Waals surface area contributed by atoms with E-state index in [0.29, 0.717) is 11.4 Å². The molecule has 6 rings (SSSR count). The van der Waals surface area contributed by atoms with Gasteiger partial charge in [0.15, 0.2) is 0 Å². The average Bonchev–Trinajstić information content (AvgIpc) is 3.18. The van der Waals surface area contributed by atoms with Gasteiger partial charge < -0.3 is 9.67 Å². The third kappa shape index (κ3) is 4.24. The maximum Gasteiger partial charge on any atom is 0.141 e. The number of benzene rings is 3. The molecule has 0 aliphatic rings. The number of phenolic OH excluding ortho intramolecular Hbond substituents is 1. The summed E-state index contributed by atoms with van der Waals surface area (Å²) in [6, 6.07) is 29.9. The second kappa shape index (κ2) is 9.48. The van der Waals surface area contributed by atoms with Crippen LogP contribution in [0.25, 0.3) is 38.5 Å². The second-order valence-electron chi connectivity index (χ2n) is 8.64. The Balaban J connectivity index is 0.00000253. The number of para-hydroxylation sites is 2. The van der Waals surface area contributed by atoms with Gasteiger partial charge in [0, 0.05) is 38.2 Å². The van der Waals surface area contributed by atoms with Gasteiger partial charge in [-0.2, -0.15) is 12.1 Å². The molecule has 0 fully saturated rings. The summed E-state index contributed by atoms with van der Waals surface area (Å²) in [5.74, 6) is 1.50. The fraction of sp³-hybridized carbons (Fsp3) is 0.103. The molecule has 3 heterocycles. The van der Waals surface area contributed by atoms with Gasteiger partial charge in [-0.3, -0.25) is 0 Å². The summed E-state index contributed by atoms with van der Waals surface area (Å²) >= 11 is 1.54. The molecule has 0 aliphatic heterocycles. The number of hydrogen-bond acceptors (Lipinski definition) is 4. The molecule has 0 unspecified atom stereocenters. The Bertz CT molecular complexity index is 1690. The molecule has 0 saturated heterocycles. The summed E-state index contributed by atoms with van der Waals surface area (Å²) in [6.45, 7) is 4.39. The van der Waals surface area contributed by atoms with Crippen LogP contribution in [0.5, 0.6) is 5.75 Å². The Labute approximate surface area is 222 Å². The van der Waals surface area contributed by atoms with Crippen LogP contribution in [0.2, 0.25) is 0 Å². The first kappa shape index (κ1) is 23.6. The summed E-state index contributed by atoms with van der Waals surface area (Å²) < 4.78 is 2.19. The van der Waals surface area contributed by atoms with E-state index in [0.717, 1.165) is 37.5 Å². The molecule has 4 nitrogen and oxygen atoms in total. The zero-order valence-electron chi connectivity index (χ0n) is 19.2. The summed E-state index contributed by atoms with van der Waals surface area (Å²) in [5, 5.41) is 14.3. The standard InChI is InChI=1S/C29H22N3OS.Pt/c1-18(2)20-14-15-30-27(16-20)32-24-8-4-3-7-22(24)23-12-11-21(17-25(23)32)34-28-13-10-19-6-5-9-26(33)29(19)31-28;/h3-16,18,33H,1-2H3;/q-1;. The van der Waals surface area contributed by atoms with Crippen LogP contribution in [-0.2, 0) is 21.1 Å². The summed E-state index contributed by atoms with van der Waals surface area (Å²) in [5.41, 5.74) is 3.96. The molecule has 0 bridgehead atoms. The minimum atomic E-state index is 0. The van der Waals surface area contributed by atoms with Crippen molar-refractivity contribution in [2.75, 3.05) is 0 Å². The Morgan fingerprint density at radius 1 is 0.914 bits per heavy atom. The Kier molecular flexibility index (Phi) is 6.39. The van der Waals surface area contributed by atoms with Gasteiger partial charge in [0.2, 0.25) is 0 Å². The number of aromatic nitrogens is 3. The number of fused-ring (bicyclic) bond motifs is 4. The summed E-state index contributed by atoms with van der Waals surface area (Å²) in [6.07, 6.45) is 1.88. The van der Waals surface area contributed by atoms with E-state index in [2.05, 4.69) is 78.0 Å². The van der Waals surface area contributed by atoms with Gasteiger partial charge in [-0.1, -0.05) is 66.4 Å². The first-order chi connectivity index (χ1) is 16.6. The first-order valence-electron chi connectivity index (χ1n) is 11.3. The van der Waals surface area contributed by atoms with Crippen LogP contribution in [0.4, 0.5) is 0 Å². The van der Waals surface area contributed by atoms with E-state index in [-0.39, 0.29) is 26.8 Å². The number of nitrogens with zero attached hydrogens (tertiary/aromatic N) is 3. The van der Waals surface area contributed by atoms with Crippen molar-refractivity contribution in [1.82, 2.24) is 14.5 Å². The zero-order chi connectivity index (χ0) is 23.2. The molecule has 0 spiro atoms. The molecule has 6 aromatic rings. The first-order valence-corrected chi connectivity index (χ1v) is 12.1. The van der Waals surface area contributed by atoms with Crippen molar-refractivity contribution in [2.24, 2.45) is 0 Å². The van der Waals surface area contributed by atoms with Crippen molar-refractivity contribution in [3.8, 4) is 11.6 Å². The van der Waals surface area contributed by atoms with E-state index in [1.165, 1.54) is 22.7 Å². The van der Waals surface area contributed by atoms with Gasteiger partial charge in [-0.05, 0) is 53.3 Å². The summed E-state index contributed by atoms with van der Waals surface area (Å²) in [7, 11) is 0.